The molecule has 0 atom stereocenters. The third-order valence-electron chi connectivity index (χ3n) is 3.04. The lowest BCUT2D eigenvalue weighted by Gasteiger charge is -2.09. The molecular formula is C15H9F4NO. The number of benzene rings is 2. The van der Waals surface area contributed by atoms with Crippen LogP contribution in [0.2, 0.25) is 0 Å². The smallest absolute Gasteiger partial charge is 0.406 e. The van der Waals surface area contributed by atoms with Crippen LogP contribution in [0, 0.1) is 5.82 Å². The summed E-state index contributed by atoms with van der Waals surface area (Å²) in [6.45, 7) is 0. The maximum atomic E-state index is 13.9. The van der Waals surface area contributed by atoms with Gasteiger partial charge in [-0.3, -0.25) is 0 Å². The second kappa shape index (κ2) is 4.80. The second-order valence-electron chi connectivity index (χ2n) is 4.47. The quantitative estimate of drug-likeness (QED) is 0.670. The van der Waals surface area contributed by atoms with E-state index in [1.165, 1.54) is 30.3 Å². The minimum absolute atomic E-state index is 0.312. The Hall–Kier alpha value is -2.50. The van der Waals surface area contributed by atoms with E-state index >= 15 is 0 Å². The Morgan fingerprint density at radius 3 is 2.29 bits per heavy atom. The number of alkyl halides is 3. The van der Waals surface area contributed by atoms with Gasteiger partial charge in [-0.2, -0.15) is 0 Å². The predicted octanol–water partition coefficient (Wildman–Crippen LogP) is 4.87. The monoisotopic (exact) mass is 295 g/mol. The molecule has 0 radical (unpaired) electrons. The van der Waals surface area contributed by atoms with Gasteiger partial charge in [-0.1, -0.05) is 12.1 Å². The van der Waals surface area contributed by atoms with Crippen molar-refractivity contribution in [1.29, 1.82) is 0 Å². The molecule has 0 saturated carbocycles. The number of nitrogens with one attached hydrogen (secondary N) is 1. The Balaban J connectivity index is 1.95. The zero-order valence-corrected chi connectivity index (χ0v) is 10.5. The predicted molar refractivity (Wildman–Crippen MR) is 70.4 cm³/mol. The van der Waals surface area contributed by atoms with E-state index in [1.54, 1.807) is 18.3 Å². The first-order valence-electron chi connectivity index (χ1n) is 6.05. The topological polar surface area (TPSA) is 25.0 Å². The van der Waals surface area contributed by atoms with Crippen molar-refractivity contribution in [2.24, 2.45) is 0 Å². The Kier molecular flexibility index (Phi) is 3.08. The number of aromatic amines is 1. The van der Waals surface area contributed by atoms with E-state index in [2.05, 4.69) is 9.72 Å². The van der Waals surface area contributed by atoms with Gasteiger partial charge >= 0.3 is 6.36 Å². The summed E-state index contributed by atoms with van der Waals surface area (Å²) in [6.07, 6.45) is -3.10. The molecule has 1 aromatic heterocycles. The van der Waals surface area contributed by atoms with E-state index in [-0.39, 0.29) is 11.6 Å². The minimum atomic E-state index is -4.73. The van der Waals surface area contributed by atoms with Crippen LogP contribution in [0.1, 0.15) is 0 Å². The molecule has 0 aliphatic carbocycles. The Labute approximate surface area is 117 Å². The largest absolute Gasteiger partial charge is 0.573 e. The molecule has 6 heteroatoms. The van der Waals surface area contributed by atoms with Crippen molar-refractivity contribution in [2.45, 2.75) is 6.36 Å². The van der Waals surface area contributed by atoms with Crippen molar-refractivity contribution < 1.29 is 22.3 Å². The highest BCUT2D eigenvalue weighted by Crippen LogP contribution is 2.29. The number of H-pyrrole nitrogens is 1. The van der Waals surface area contributed by atoms with Gasteiger partial charge in [0, 0.05) is 17.1 Å². The molecule has 0 spiro atoms. The standard InChI is InChI=1S/C15H9F4NO/c16-13-7-10(8-14-12(13)5-6-20-14)9-1-3-11(4-2-9)21-15(17,18)19/h1-8,20H. The van der Waals surface area contributed by atoms with E-state index in [0.29, 0.717) is 22.0 Å². The first-order valence-corrected chi connectivity index (χ1v) is 6.05. The number of halogens is 4. The summed E-state index contributed by atoms with van der Waals surface area (Å²) >= 11 is 0. The van der Waals surface area contributed by atoms with Crippen LogP contribution in [0.5, 0.6) is 5.75 Å². The highest BCUT2D eigenvalue weighted by molar-refractivity contribution is 5.85. The van der Waals surface area contributed by atoms with Crippen LogP contribution in [0.25, 0.3) is 22.0 Å². The van der Waals surface area contributed by atoms with Gasteiger partial charge in [0.1, 0.15) is 11.6 Å². The molecule has 2 aromatic carbocycles. The molecule has 0 amide bonds. The van der Waals surface area contributed by atoms with Crippen molar-refractivity contribution in [3.8, 4) is 16.9 Å². The molecule has 1 heterocycles. The summed E-state index contributed by atoms with van der Waals surface area (Å²) in [5, 5.41) is 0.468. The van der Waals surface area contributed by atoms with E-state index in [1.807, 2.05) is 0 Å². The van der Waals surface area contributed by atoms with Crippen molar-refractivity contribution >= 4 is 10.9 Å². The second-order valence-corrected chi connectivity index (χ2v) is 4.47. The van der Waals surface area contributed by atoms with E-state index < -0.39 is 6.36 Å². The molecule has 3 aromatic rings. The maximum Gasteiger partial charge on any atom is 0.573 e. The van der Waals surface area contributed by atoms with Crippen LogP contribution in [0.4, 0.5) is 17.6 Å². The van der Waals surface area contributed by atoms with E-state index in [9.17, 15) is 17.6 Å². The van der Waals surface area contributed by atoms with Gasteiger partial charge in [0.05, 0.1) is 0 Å². The molecular weight excluding hydrogens is 286 g/mol. The van der Waals surface area contributed by atoms with Crippen LogP contribution < -0.4 is 4.74 Å². The first-order chi connectivity index (χ1) is 9.92. The zero-order chi connectivity index (χ0) is 15.0. The number of hydrogen-bond acceptors (Lipinski definition) is 1. The molecule has 108 valence electrons. The van der Waals surface area contributed by atoms with Crippen molar-refractivity contribution in [3.63, 3.8) is 0 Å². The summed E-state index contributed by atoms with van der Waals surface area (Å²) in [7, 11) is 0. The molecule has 0 bridgehead atoms. The summed E-state index contributed by atoms with van der Waals surface area (Å²) < 4.78 is 53.9. The normalized spacial score (nSPS) is 11.8. The fourth-order valence-corrected chi connectivity index (χ4v) is 2.14. The van der Waals surface area contributed by atoms with E-state index in [4.69, 9.17) is 0 Å². The van der Waals surface area contributed by atoms with Crippen molar-refractivity contribution in [1.82, 2.24) is 4.98 Å². The highest BCUT2D eigenvalue weighted by Gasteiger charge is 2.30. The number of rotatable bonds is 2. The molecule has 0 aliphatic heterocycles. The van der Waals surface area contributed by atoms with Gasteiger partial charge in [0.25, 0.3) is 0 Å². The lowest BCUT2D eigenvalue weighted by atomic mass is 10.0. The molecule has 0 saturated heterocycles. The van der Waals surface area contributed by atoms with Gasteiger partial charge in [-0.25, -0.2) is 4.39 Å². The SMILES string of the molecule is Fc1cc(-c2ccc(OC(F)(F)F)cc2)cc2[nH]ccc12. The first kappa shape index (κ1) is 13.5. The van der Waals surface area contributed by atoms with Gasteiger partial charge in [0.15, 0.2) is 0 Å². The van der Waals surface area contributed by atoms with Gasteiger partial charge in [-0.15, -0.1) is 13.2 Å². The van der Waals surface area contributed by atoms with Gasteiger partial charge in [-0.05, 0) is 41.5 Å². The lowest BCUT2D eigenvalue weighted by Crippen LogP contribution is -2.16. The summed E-state index contributed by atoms with van der Waals surface area (Å²) in [5.41, 5.74) is 1.79. The van der Waals surface area contributed by atoms with Gasteiger partial charge in [0.2, 0.25) is 0 Å². The average molecular weight is 295 g/mol. The summed E-state index contributed by atoms with van der Waals surface area (Å²) in [5.74, 6) is -0.702. The number of hydrogen-bond donors (Lipinski definition) is 1. The third-order valence-corrected chi connectivity index (χ3v) is 3.04. The Morgan fingerprint density at radius 1 is 0.905 bits per heavy atom. The fraction of sp³-hybridized carbons (Fsp3) is 0.0667. The molecule has 1 N–H and O–H groups in total. The third kappa shape index (κ3) is 2.84. The molecule has 0 aliphatic rings. The van der Waals surface area contributed by atoms with Crippen molar-refractivity contribution in [2.75, 3.05) is 0 Å². The molecule has 3 rings (SSSR count). The molecule has 21 heavy (non-hydrogen) atoms. The average Bonchev–Trinajstić information content (AvgIpc) is 2.86. The van der Waals surface area contributed by atoms with Crippen LogP contribution >= 0.6 is 0 Å². The molecule has 0 unspecified atom stereocenters. The van der Waals surface area contributed by atoms with Crippen molar-refractivity contribution in [3.05, 3.63) is 54.5 Å². The van der Waals surface area contributed by atoms with Crippen LogP contribution in [-0.2, 0) is 0 Å². The lowest BCUT2D eigenvalue weighted by molar-refractivity contribution is -0.274. The number of aromatic nitrogens is 1. The maximum absolute atomic E-state index is 13.9. The zero-order valence-electron chi connectivity index (χ0n) is 10.5. The fourth-order valence-electron chi connectivity index (χ4n) is 2.14. The molecule has 2 nitrogen and oxygen atoms in total. The summed E-state index contributed by atoms with van der Waals surface area (Å²) in [4.78, 5) is 2.90. The highest BCUT2D eigenvalue weighted by atomic mass is 19.4. The van der Waals surface area contributed by atoms with Gasteiger partial charge < -0.3 is 9.72 Å². The van der Waals surface area contributed by atoms with Crippen LogP contribution in [0.3, 0.4) is 0 Å². The number of fused-ring (bicyclic) bond motifs is 1. The van der Waals surface area contributed by atoms with E-state index in [0.717, 1.165) is 0 Å². The van der Waals surface area contributed by atoms with Crippen LogP contribution in [-0.4, -0.2) is 11.3 Å². The summed E-state index contributed by atoms with van der Waals surface area (Å²) in [6, 6.07) is 9.98. The molecule has 0 fully saturated rings. The Bertz CT molecular complexity index is 774. The number of ether oxygens (including phenoxy) is 1. The minimum Gasteiger partial charge on any atom is -0.406 e. The Morgan fingerprint density at radius 2 is 1.62 bits per heavy atom. The van der Waals surface area contributed by atoms with Crippen LogP contribution in [0.15, 0.2) is 48.7 Å².